The fourth-order valence-electron chi connectivity index (χ4n) is 4.03. The van der Waals surface area contributed by atoms with Crippen molar-refractivity contribution in [3.8, 4) is 0 Å². The second-order valence-electron chi connectivity index (χ2n) is 8.62. The minimum absolute atomic E-state index is 0.00474. The van der Waals surface area contributed by atoms with Crippen LogP contribution in [0.15, 0.2) is 89.5 Å². The van der Waals surface area contributed by atoms with E-state index in [0.717, 1.165) is 33.5 Å². The van der Waals surface area contributed by atoms with Crippen LogP contribution in [0, 0.1) is 0 Å². The van der Waals surface area contributed by atoms with E-state index in [1.54, 1.807) is 6.26 Å². The standard InChI is InChI=1S/C28H30ClN3O/c1-30(2)22-12-8-20(9-13-22)28(21-10-14-23(15-11-21)31(3)4)25-19-24(16-17-26(25)29)32(5)27-7-6-18-33-27/h6-19,28H,1-5H3. The summed E-state index contributed by atoms with van der Waals surface area (Å²) in [5.41, 5.74) is 6.79. The summed E-state index contributed by atoms with van der Waals surface area (Å²) in [7, 11) is 10.2. The molecule has 170 valence electrons. The van der Waals surface area contributed by atoms with Crippen molar-refractivity contribution in [2.45, 2.75) is 5.92 Å². The van der Waals surface area contributed by atoms with Gasteiger partial charge >= 0.3 is 0 Å². The fraction of sp³-hybridized carbons (Fsp3) is 0.214. The van der Waals surface area contributed by atoms with E-state index in [0.29, 0.717) is 0 Å². The minimum atomic E-state index is -0.00474. The third-order valence-electron chi connectivity index (χ3n) is 6.00. The van der Waals surface area contributed by atoms with E-state index in [2.05, 4.69) is 92.6 Å². The van der Waals surface area contributed by atoms with Gasteiger partial charge in [0.15, 0.2) is 5.88 Å². The highest BCUT2D eigenvalue weighted by molar-refractivity contribution is 6.31. The van der Waals surface area contributed by atoms with E-state index in [1.807, 2.05) is 36.2 Å². The Hall–Kier alpha value is -3.37. The maximum atomic E-state index is 6.83. The topological polar surface area (TPSA) is 22.9 Å². The van der Waals surface area contributed by atoms with Crippen molar-refractivity contribution in [3.05, 3.63) is 107 Å². The van der Waals surface area contributed by atoms with Gasteiger partial charge in [-0.25, -0.2) is 0 Å². The number of hydrogen-bond donors (Lipinski definition) is 0. The number of anilines is 4. The Balaban J connectivity index is 1.83. The van der Waals surface area contributed by atoms with Gasteiger partial charge in [-0.1, -0.05) is 35.9 Å². The predicted octanol–water partition coefficient (Wildman–Crippen LogP) is 7.01. The normalized spacial score (nSPS) is 11.0. The summed E-state index contributed by atoms with van der Waals surface area (Å²) >= 11 is 6.83. The smallest absolute Gasteiger partial charge is 0.199 e. The van der Waals surface area contributed by atoms with E-state index in [4.69, 9.17) is 16.0 Å². The Morgan fingerprint density at radius 2 is 1.18 bits per heavy atom. The van der Waals surface area contributed by atoms with Gasteiger partial charge in [-0.2, -0.15) is 0 Å². The van der Waals surface area contributed by atoms with Crippen molar-refractivity contribution in [1.29, 1.82) is 0 Å². The summed E-state index contributed by atoms with van der Waals surface area (Å²) in [6.45, 7) is 0. The van der Waals surface area contributed by atoms with Crippen LogP contribution in [0.25, 0.3) is 0 Å². The molecular formula is C28H30ClN3O. The van der Waals surface area contributed by atoms with Crippen LogP contribution in [-0.4, -0.2) is 35.2 Å². The van der Waals surface area contributed by atoms with Gasteiger partial charge in [-0.3, -0.25) is 0 Å². The van der Waals surface area contributed by atoms with E-state index in [1.165, 1.54) is 11.1 Å². The lowest BCUT2D eigenvalue weighted by Crippen LogP contribution is -2.12. The molecule has 0 bridgehead atoms. The molecule has 0 fully saturated rings. The van der Waals surface area contributed by atoms with Crippen LogP contribution < -0.4 is 14.7 Å². The lowest BCUT2D eigenvalue weighted by molar-refractivity contribution is 0.570. The molecule has 0 N–H and O–H groups in total. The molecule has 0 saturated carbocycles. The molecule has 0 spiro atoms. The molecule has 0 radical (unpaired) electrons. The van der Waals surface area contributed by atoms with Crippen LogP contribution in [0.3, 0.4) is 0 Å². The highest BCUT2D eigenvalue weighted by Crippen LogP contribution is 2.39. The summed E-state index contributed by atoms with van der Waals surface area (Å²) < 4.78 is 5.60. The van der Waals surface area contributed by atoms with Crippen LogP contribution in [0.2, 0.25) is 5.02 Å². The third kappa shape index (κ3) is 4.86. The average Bonchev–Trinajstić information content (AvgIpc) is 3.36. The van der Waals surface area contributed by atoms with Gasteiger partial charge in [0.1, 0.15) is 0 Å². The molecule has 1 heterocycles. The number of furan rings is 1. The molecule has 0 saturated heterocycles. The lowest BCUT2D eigenvalue weighted by atomic mass is 9.84. The van der Waals surface area contributed by atoms with Gasteiger partial charge in [0.2, 0.25) is 0 Å². The van der Waals surface area contributed by atoms with Crippen LogP contribution in [0.1, 0.15) is 22.6 Å². The number of rotatable bonds is 7. The van der Waals surface area contributed by atoms with Crippen LogP contribution in [0.5, 0.6) is 0 Å². The molecule has 3 aromatic carbocycles. The second-order valence-corrected chi connectivity index (χ2v) is 9.03. The van der Waals surface area contributed by atoms with Crippen LogP contribution >= 0.6 is 11.6 Å². The zero-order valence-corrected chi connectivity index (χ0v) is 20.5. The first-order valence-corrected chi connectivity index (χ1v) is 11.3. The molecule has 0 amide bonds. The van der Waals surface area contributed by atoms with Crippen LogP contribution in [0.4, 0.5) is 22.9 Å². The minimum Gasteiger partial charge on any atom is -0.448 e. The number of hydrogen-bond acceptors (Lipinski definition) is 4. The summed E-state index contributed by atoms with van der Waals surface area (Å²) in [5, 5.41) is 0.741. The van der Waals surface area contributed by atoms with Gasteiger partial charge in [0.25, 0.3) is 0 Å². The zero-order valence-electron chi connectivity index (χ0n) is 19.8. The maximum absolute atomic E-state index is 6.83. The molecule has 4 rings (SSSR count). The maximum Gasteiger partial charge on any atom is 0.199 e. The van der Waals surface area contributed by atoms with E-state index < -0.39 is 0 Å². The largest absolute Gasteiger partial charge is 0.448 e. The van der Waals surface area contributed by atoms with E-state index in [9.17, 15) is 0 Å². The van der Waals surface area contributed by atoms with E-state index >= 15 is 0 Å². The molecule has 0 aliphatic carbocycles. The van der Waals surface area contributed by atoms with Crippen molar-refractivity contribution in [3.63, 3.8) is 0 Å². The third-order valence-corrected chi connectivity index (χ3v) is 6.34. The number of halogens is 1. The Bertz CT molecular complexity index is 1130. The van der Waals surface area contributed by atoms with Crippen molar-refractivity contribution in [1.82, 2.24) is 0 Å². The van der Waals surface area contributed by atoms with Gasteiger partial charge in [0, 0.05) is 69.3 Å². The highest BCUT2D eigenvalue weighted by atomic mass is 35.5. The van der Waals surface area contributed by atoms with Crippen molar-refractivity contribution in [2.75, 3.05) is 49.9 Å². The molecule has 4 aromatic rings. The summed E-state index contributed by atoms with van der Waals surface area (Å²) in [6, 6.07) is 27.4. The van der Waals surface area contributed by atoms with Gasteiger partial charge < -0.3 is 19.1 Å². The molecule has 0 atom stereocenters. The summed E-state index contributed by atoms with van der Waals surface area (Å²) in [6.07, 6.45) is 1.68. The number of nitrogens with zero attached hydrogens (tertiary/aromatic N) is 3. The monoisotopic (exact) mass is 459 g/mol. The predicted molar refractivity (Wildman–Crippen MR) is 141 cm³/mol. The van der Waals surface area contributed by atoms with Crippen LogP contribution in [-0.2, 0) is 0 Å². The average molecular weight is 460 g/mol. The molecule has 1 aromatic heterocycles. The second kappa shape index (κ2) is 9.63. The molecule has 0 aliphatic rings. The summed E-state index contributed by atoms with van der Waals surface area (Å²) in [5.74, 6) is 0.778. The first-order valence-electron chi connectivity index (χ1n) is 11.0. The number of benzene rings is 3. The first kappa shape index (κ1) is 22.8. The van der Waals surface area contributed by atoms with Crippen molar-refractivity contribution < 1.29 is 4.42 Å². The molecule has 0 aliphatic heterocycles. The first-order chi connectivity index (χ1) is 15.8. The van der Waals surface area contributed by atoms with Gasteiger partial charge in [-0.15, -0.1) is 0 Å². The Labute approximate surface area is 201 Å². The van der Waals surface area contributed by atoms with E-state index in [-0.39, 0.29) is 5.92 Å². The molecule has 0 unspecified atom stereocenters. The van der Waals surface area contributed by atoms with Crippen molar-refractivity contribution >= 4 is 34.5 Å². The Kier molecular flexibility index (Phi) is 6.66. The summed E-state index contributed by atoms with van der Waals surface area (Å²) in [4.78, 5) is 6.24. The molecule has 33 heavy (non-hydrogen) atoms. The van der Waals surface area contributed by atoms with Crippen molar-refractivity contribution in [2.24, 2.45) is 0 Å². The molecule has 4 nitrogen and oxygen atoms in total. The fourth-order valence-corrected chi connectivity index (χ4v) is 4.26. The highest BCUT2D eigenvalue weighted by Gasteiger charge is 2.21. The van der Waals surface area contributed by atoms with Gasteiger partial charge in [-0.05, 0) is 65.2 Å². The quantitative estimate of drug-likeness (QED) is 0.277. The molecular weight excluding hydrogens is 430 g/mol. The zero-order chi connectivity index (χ0) is 23.5. The molecule has 5 heteroatoms. The Morgan fingerprint density at radius 1 is 0.667 bits per heavy atom. The Morgan fingerprint density at radius 3 is 1.64 bits per heavy atom. The lowest BCUT2D eigenvalue weighted by Gasteiger charge is -2.24. The van der Waals surface area contributed by atoms with Gasteiger partial charge in [0.05, 0.1) is 6.26 Å². The SMILES string of the molecule is CN(C)c1ccc(C(c2ccc(N(C)C)cc2)c2cc(N(C)c3ccco3)ccc2Cl)cc1.